The lowest BCUT2D eigenvalue weighted by molar-refractivity contribution is 0.931. The number of aromatic nitrogens is 3. The van der Waals surface area contributed by atoms with E-state index in [1.54, 1.807) is 6.20 Å². The van der Waals surface area contributed by atoms with E-state index in [0.29, 0.717) is 0 Å². The monoisotopic (exact) mass is 413 g/mol. The molecule has 0 fully saturated rings. The number of nitrogens with two attached hydrogens (primary N) is 1. The van der Waals surface area contributed by atoms with Gasteiger partial charge in [0, 0.05) is 18.9 Å². The molecule has 1 aromatic carbocycles. The zero-order valence-corrected chi connectivity index (χ0v) is 18.8. The summed E-state index contributed by atoms with van der Waals surface area (Å²) in [6.45, 7) is 8.00. The van der Waals surface area contributed by atoms with Gasteiger partial charge in [0.15, 0.2) is 0 Å². The summed E-state index contributed by atoms with van der Waals surface area (Å²) in [6, 6.07) is 14.0. The molecular weight excluding hydrogens is 380 g/mol. The second-order valence-electron chi connectivity index (χ2n) is 6.86. The first kappa shape index (κ1) is 22.3. The van der Waals surface area contributed by atoms with Crippen LogP contribution >= 0.6 is 0 Å². The van der Waals surface area contributed by atoms with E-state index >= 15 is 0 Å². The molecule has 161 valence electrons. The number of pyridine rings is 1. The number of hydrogen-bond donors (Lipinski definition) is 2. The Bertz CT molecular complexity index is 1090. The molecule has 0 saturated carbocycles. The minimum absolute atomic E-state index is 0. The second kappa shape index (κ2) is 10.6. The van der Waals surface area contributed by atoms with Gasteiger partial charge in [0.2, 0.25) is 0 Å². The Morgan fingerprint density at radius 1 is 0.968 bits per heavy atom. The summed E-state index contributed by atoms with van der Waals surface area (Å²) < 4.78 is 0. The van der Waals surface area contributed by atoms with Gasteiger partial charge in [-0.15, -0.1) is 0 Å². The third-order valence-electron chi connectivity index (χ3n) is 5.03. The van der Waals surface area contributed by atoms with Crippen LogP contribution in [0.25, 0.3) is 23.8 Å². The van der Waals surface area contributed by atoms with E-state index in [-0.39, 0.29) is 1.43 Å². The van der Waals surface area contributed by atoms with Crippen molar-refractivity contribution >= 4 is 29.5 Å². The smallest absolute Gasteiger partial charge is 0.0887 e. The third-order valence-corrected chi connectivity index (χ3v) is 5.03. The number of nitrogen functional groups attached to an aromatic ring is 1. The molecule has 3 N–H and O–H groups in total. The van der Waals surface area contributed by atoms with Gasteiger partial charge in [0.25, 0.3) is 0 Å². The van der Waals surface area contributed by atoms with Gasteiger partial charge in [-0.05, 0) is 66.5 Å². The maximum atomic E-state index is 5.91. The zero-order chi connectivity index (χ0) is 22.2. The van der Waals surface area contributed by atoms with E-state index in [1.165, 1.54) is 28.2 Å². The fourth-order valence-corrected chi connectivity index (χ4v) is 3.59. The summed E-state index contributed by atoms with van der Waals surface area (Å²) >= 11 is 0. The molecule has 0 unspecified atom stereocenters. The third kappa shape index (κ3) is 5.21. The number of fused-ring (bicyclic) bond motifs is 1. The van der Waals surface area contributed by atoms with Gasteiger partial charge in [-0.25, -0.2) is 0 Å². The summed E-state index contributed by atoms with van der Waals surface area (Å²) in [4.78, 5) is 4.32. The molecule has 2 aromatic heterocycles. The predicted molar refractivity (Wildman–Crippen MR) is 135 cm³/mol. The van der Waals surface area contributed by atoms with Gasteiger partial charge in [-0.3, -0.25) is 10.1 Å². The summed E-state index contributed by atoms with van der Waals surface area (Å²) in [7, 11) is 0. The molecule has 2 aliphatic carbocycles. The van der Waals surface area contributed by atoms with Crippen molar-refractivity contribution in [3.63, 3.8) is 0 Å². The van der Waals surface area contributed by atoms with E-state index in [9.17, 15) is 0 Å². The van der Waals surface area contributed by atoms with Crippen LogP contribution in [0.5, 0.6) is 0 Å². The number of allylic oxidation sites excluding steroid dienone is 3. The average molecular weight is 414 g/mol. The Balaban J connectivity index is 0.000000689. The minimum Gasteiger partial charge on any atom is -0.399 e. The highest BCUT2D eigenvalue weighted by atomic mass is 15.1. The lowest BCUT2D eigenvalue weighted by atomic mass is 9.90. The highest BCUT2D eigenvalue weighted by Gasteiger charge is 2.32. The van der Waals surface area contributed by atoms with Gasteiger partial charge < -0.3 is 5.73 Å². The molecule has 3 aromatic rings. The van der Waals surface area contributed by atoms with E-state index in [2.05, 4.69) is 33.4 Å². The summed E-state index contributed by atoms with van der Waals surface area (Å²) in [5.41, 5.74) is 14.9. The fraction of sp³-hybridized carbons (Fsp3) is 0.222. The van der Waals surface area contributed by atoms with Gasteiger partial charge in [0.1, 0.15) is 0 Å². The van der Waals surface area contributed by atoms with Gasteiger partial charge in [-0.2, -0.15) is 5.10 Å². The molecule has 4 heteroatoms. The maximum absolute atomic E-state index is 5.91. The molecule has 2 heterocycles. The molecule has 4 nitrogen and oxygen atoms in total. The highest BCUT2D eigenvalue weighted by molar-refractivity contribution is 5.99. The Labute approximate surface area is 187 Å². The molecule has 0 amide bonds. The predicted octanol–water partition coefficient (Wildman–Crippen LogP) is 6.86. The van der Waals surface area contributed by atoms with E-state index < -0.39 is 0 Å². The SMILES string of the molecule is CC.CC.Nc1cccc(C2=C[C]2C2=Cc3[nH]nc(/C=C/c4ccccn4)c3CC2)c1.[HH]. The number of anilines is 1. The normalized spacial score (nSPS) is 14.5. The Morgan fingerprint density at radius 2 is 1.81 bits per heavy atom. The van der Waals surface area contributed by atoms with Crippen molar-refractivity contribution in [3.8, 4) is 0 Å². The van der Waals surface area contributed by atoms with Crippen molar-refractivity contribution in [2.45, 2.75) is 40.5 Å². The fourth-order valence-electron chi connectivity index (χ4n) is 3.59. The molecule has 0 atom stereocenters. The summed E-state index contributed by atoms with van der Waals surface area (Å²) in [5, 5.41) is 7.67. The molecule has 0 aliphatic heterocycles. The van der Waals surface area contributed by atoms with Crippen molar-refractivity contribution in [1.29, 1.82) is 0 Å². The van der Waals surface area contributed by atoms with E-state index in [4.69, 9.17) is 5.73 Å². The second-order valence-corrected chi connectivity index (χ2v) is 6.86. The van der Waals surface area contributed by atoms with Crippen LogP contribution in [0.3, 0.4) is 0 Å². The standard InChI is InChI=1S/C23H19N4.2C2H6.H2/c24-17-5-3-4-15(12-17)20-14-21(20)16-7-9-19-22(26-27-23(19)13-16)10-8-18-6-1-2-11-25-18;2*1-2;/h1-6,8,10-14H,7,9,24H2,(H,26,27);2*1-2H3;1H/b10-8+;;;. The van der Waals surface area contributed by atoms with Crippen LogP contribution in [0.4, 0.5) is 5.69 Å². The zero-order valence-electron chi connectivity index (χ0n) is 18.8. The summed E-state index contributed by atoms with van der Waals surface area (Å²) in [6.07, 6.45) is 12.3. The van der Waals surface area contributed by atoms with Crippen LogP contribution in [0.2, 0.25) is 0 Å². The van der Waals surface area contributed by atoms with Crippen molar-refractivity contribution in [2.75, 3.05) is 5.73 Å². The molecule has 2 aliphatic rings. The molecule has 0 saturated heterocycles. The quantitative estimate of drug-likeness (QED) is 0.459. The number of hydrogen-bond acceptors (Lipinski definition) is 3. The summed E-state index contributed by atoms with van der Waals surface area (Å²) in [5.74, 6) is 1.34. The average Bonchev–Trinajstić information content (AvgIpc) is 3.54. The van der Waals surface area contributed by atoms with Crippen molar-refractivity contribution in [3.05, 3.63) is 94.4 Å². The van der Waals surface area contributed by atoms with Crippen molar-refractivity contribution in [1.82, 2.24) is 15.2 Å². The number of nitrogens with one attached hydrogen (secondary N) is 1. The number of aromatic amines is 1. The maximum Gasteiger partial charge on any atom is 0.0887 e. The first-order valence-corrected chi connectivity index (χ1v) is 11.1. The highest BCUT2D eigenvalue weighted by Crippen LogP contribution is 2.49. The van der Waals surface area contributed by atoms with Crippen molar-refractivity contribution < 1.29 is 1.43 Å². The number of rotatable bonds is 4. The first-order valence-electron chi connectivity index (χ1n) is 11.1. The molecule has 0 spiro atoms. The molecule has 31 heavy (non-hydrogen) atoms. The van der Waals surface area contributed by atoms with Gasteiger partial charge in [-0.1, -0.05) is 57.5 Å². The first-order chi connectivity index (χ1) is 15.3. The van der Waals surface area contributed by atoms with Crippen LogP contribution in [0.1, 0.15) is 63.8 Å². The van der Waals surface area contributed by atoms with Crippen LogP contribution in [0, 0.1) is 5.92 Å². The Morgan fingerprint density at radius 3 is 2.55 bits per heavy atom. The van der Waals surface area contributed by atoms with Gasteiger partial charge in [0.05, 0.1) is 23.0 Å². The molecule has 5 rings (SSSR count). The van der Waals surface area contributed by atoms with Crippen LogP contribution < -0.4 is 5.73 Å². The van der Waals surface area contributed by atoms with Gasteiger partial charge >= 0.3 is 0 Å². The number of nitrogens with zero attached hydrogens (tertiary/aromatic N) is 2. The molecule has 1 radical (unpaired) electrons. The number of H-pyrrole nitrogens is 1. The van der Waals surface area contributed by atoms with Crippen LogP contribution in [-0.2, 0) is 6.42 Å². The Hall–Kier alpha value is -3.40. The molecular formula is C27H33N4. The largest absolute Gasteiger partial charge is 0.399 e. The lowest BCUT2D eigenvalue weighted by Crippen LogP contribution is -2.01. The molecule has 0 bridgehead atoms. The van der Waals surface area contributed by atoms with E-state index in [0.717, 1.165) is 35.6 Å². The minimum atomic E-state index is 0. The van der Waals surface area contributed by atoms with Crippen molar-refractivity contribution in [2.24, 2.45) is 0 Å². The Kier molecular flexibility index (Phi) is 7.60. The van der Waals surface area contributed by atoms with Crippen LogP contribution in [-0.4, -0.2) is 15.2 Å². The lowest BCUT2D eigenvalue weighted by Gasteiger charge is -2.13. The topological polar surface area (TPSA) is 67.6 Å². The number of benzene rings is 1. The van der Waals surface area contributed by atoms with Crippen LogP contribution in [0.15, 0.2) is 60.3 Å². The van der Waals surface area contributed by atoms with E-state index in [1.807, 2.05) is 76.2 Å².